The largest absolute Gasteiger partial charge is 0.327 e. The molecular weight excluding hydrogens is 294 g/mol. The molecule has 0 atom stereocenters. The van der Waals surface area contributed by atoms with E-state index >= 15 is 0 Å². The number of nitrogens with one attached hydrogen (secondary N) is 1. The smallest absolute Gasteiger partial charge is 0.275 e. The van der Waals surface area contributed by atoms with Crippen LogP contribution in [0, 0.1) is 6.92 Å². The Hall–Kier alpha value is -3.09. The van der Waals surface area contributed by atoms with Crippen molar-refractivity contribution >= 4 is 16.7 Å². The van der Waals surface area contributed by atoms with E-state index in [0.717, 1.165) is 10.8 Å². The van der Waals surface area contributed by atoms with Gasteiger partial charge in [0.25, 0.3) is 11.5 Å². The third-order valence-electron chi connectivity index (χ3n) is 3.97. The van der Waals surface area contributed by atoms with Crippen LogP contribution >= 0.6 is 0 Å². The number of nitrogens with zero attached hydrogens (tertiary/aromatic N) is 4. The molecule has 3 heterocycles. The zero-order valence-electron chi connectivity index (χ0n) is 12.4. The van der Waals surface area contributed by atoms with Crippen molar-refractivity contribution in [2.45, 2.75) is 20.0 Å². The lowest BCUT2D eigenvalue weighted by atomic mass is 10.1. The molecule has 0 bridgehead atoms. The zero-order valence-corrected chi connectivity index (χ0v) is 12.4. The Labute approximate surface area is 131 Å². The first-order valence-electron chi connectivity index (χ1n) is 7.22. The first-order valence-corrected chi connectivity index (χ1v) is 7.22. The van der Waals surface area contributed by atoms with Crippen molar-refractivity contribution in [2.24, 2.45) is 0 Å². The van der Waals surface area contributed by atoms with Gasteiger partial charge in [0.2, 0.25) is 0 Å². The fraction of sp³-hybridized carbons (Fsp3) is 0.188. The summed E-state index contributed by atoms with van der Waals surface area (Å²) >= 11 is 0. The summed E-state index contributed by atoms with van der Waals surface area (Å²) in [7, 11) is 0. The molecule has 0 saturated carbocycles. The maximum Gasteiger partial charge on any atom is 0.275 e. The van der Waals surface area contributed by atoms with Gasteiger partial charge in [-0.15, -0.1) is 5.10 Å². The standard InChI is InChI=1S/C16H13N5O2/c1-9-18-13-8-21(7-12(13)15(22)19-9)16(23)14-11-5-3-2-4-10(11)6-17-20-14/h2-6H,7-8H2,1H3,(H,18,19,22). The zero-order chi connectivity index (χ0) is 16.0. The fourth-order valence-corrected chi connectivity index (χ4v) is 2.87. The van der Waals surface area contributed by atoms with Crippen LogP contribution in [0.3, 0.4) is 0 Å². The van der Waals surface area contributed by atoms with Crippen LogP contribution in [0.5, 0.6) is 0 Å². The first-order chi connectivity index (χ1) is 11.1. The van der Waals surface area contributed by atoms with Crippen LogP contribution in [-0.4, -0.2) is 31.0 Å². The average molecular weight is 307 g/mol. The molecule has 1 N–H and O–H groups in total. The lowest BCUT2D eigenvalue weighted by Gasteiger charge is -2.14. The molecule has 0 spiro atoms. The van der Waals surface area contributed by atoms with Crippen molar-refractivity contribution in [3.8, 4) is 0 Å². The molecule has 114 valence electrons. The maximum atomic E-state index is 12.8. The molecule has 4 rings (SSSR count). The first kappa shape index (κ1) is 13.6. The SMILES string of the molecule is Cc1nc2c(c(=O)[nH]1)CN(C(=O)c1nncc3ccccc13)C2. The molecule has 3 aromatic rings. The van der Waals surface area contributed by atoms with Gasteiger partial charge in [0, 0.05) is 10.8 Å². The highest BCUT2D eigenvalue weighted by Gasteiger charge is 2.29. The van der Waals surface area contributed by atoms with Crippen LogP contribution < -0.4 is 5.56 Å². The van der Waals surface area contributed by atoms with Gasteiger partial charge in [-0.05, 0) is 6.92 Å². The molecule has 0 unspecified atom stereocenters. The van der Waals surface area contributed by atoms with Gasteiger partial charge < -0.3 is 9.88 Å². The predicted molar refractivity (Wildman–Crippen MR) is 82.7 cm³/mol. The molecular formula is C16H13N5O2. The van der Waals surface area contributed by atoms with Crippen LogP contribution in [0.15, 0.2) is 35.3 Å². The molecule has 1 aromatic carbocycles. The summed E-state index contributed by atoms with van der Waals surface area (Å²) in [5.74, 6) is 0.303. The van der Waals surface area contributed by atoms with Gasteiger partial charge in [-0.1, -0.05) is 24.3 Å². The van der Waals surface area contributed by atoms with Gasteiger partial charge >= 0.3 is 0 Å². The summed E-state index contributed by atoms with van der Waals surface area (Å²) in [5, 5.41) is 9.52. The average Bonchev–Trinajstić information content (AvgIpc) is 2.98. The number of aromatic nitrogens is 4. The summed E-state index contributed by atoms with van der Waals surface area (Å²) in [6.07, 6.45) is 1.63. The second kappa shape index (κ2) is 4.98. The number of rotatable bonds is 1. The lowest BCUT2D eigenvalue weighted by molar-refractivity contribution is 0.0745. The third-order valence-corrected chi connectivity index (χ3v) is 3.97. The van der Waals surface area contributed by atoms with Crippen LogP contribution in [0.2, 0.25) is 0 Å². The number of hydrogen-bond acceptors (Lipinski definition) is 5. The highest BCUT2D eigenvalue weighted by atomic mass is 16.2. The minimum absolute atomic E-state index is 0.188. The number of fused-ring (bicyclic) bond motifs is 2. The Balaban J connectivity index is 1.74. The fourth-order valence-electron chi connectivity index (χ4n) is 2.87. The minimum Gasteiger partial charge on any atom is -0.327 e. The topological polar surface area (TPSA) is 91.8 Å². The Morgan fingerprint density at radius 3 is 2.96 bits per heavy atom. The van der Waals surface area contributed by atoms with E-state index in [2.05, 4.69) is 20.2 Å². The normalized spacial score (nSPS) is 13.3. The van der Waals surface area contributed by atoms with Crippen molar-refractivity contribution in [2.75, 3.05) is 0 Å². The van der Waals surface area contributed by atoms with Crippen molar-refractivity contribution in [3.63, 3.8) is 0 Å². The summed E-state index contributed by atoms with van der Waals surface area (Å²) in [6.45, 7) is 2.27. The van der Waals surface area contributed by atoms with E-state index in [1.165, 1.54) is 0 Å². The lowest BCUT2D eigenvalue weighted by Crippen LogP contribution is -2.27. The van der Waals surface area contributed by atoms with E-state index in [4.69, 9.17) is 0 Å². The molecule has 7 nitrogen and oxygen atoms in total. The summed E-state index contributed by atoms with van der Waals surface area (Å²) < 4.78 is 0. The number of amides is 1. The Kier molecular flexibility index (Phi) is 2.94. The summed E-state index contributed by atoms with van der Waals surface area (Å²) in [5.41, 5.74) is 1.29. The van der Waals surface area contributed by atoms with Gasteiger partial charge in [-0.25, -0.2) is 4.98 Å². The Morgan fingerprint density at radius 2 is 2.09 bits per heavy atom. The molecule has 0 aliphatic carbocycles. The molecule has 0 saturated heterocycles. The van der Waals surface area contributed by atoms with E-state index in [0.29, 0.717) is 29.3 Å². The summed E-state index contributed by atoms with van der Waals surface area (Å²) in [4.78, 5) is 33.4. The van der Waals surface area contributed by atoms with E-state index < -0.39 is 0 Å². The summed E-state index contributed by atoms with van der Waals surface area (Å²) in [6, 6.07) is 7.47. The van der Waals surface area contributed by atoms with Crippen LogP contribution in [0.4, 0.5) is 0 Å². The number of H-pyrrole nitrogens is 1. The number of benzene rings is 1. The molecule has 2 aromatic heterocycles. The molecule has 1 aliphatic rings. The molecule has 0 radical (unpaired) electrons. The Morgan fingerprint density at radius 1 is 1.26 bits per heavy atom. The van der Waals surface area contributed by atoms with Crippen molar-refractivity contribution in [1.82, 2.24) is 25.1 Å². The van der Waals surface area contributed by atoms with Crippen molar-refractivity contribution < 1.29 is 4.79 Å². The van der Waals surface area contributed by atoms with E-state index in [-0.39, 0.29) is 18.0 Å². The molecule has 23 heavy (non-hydrogen) atoms. The number of carbonyl (C=O) groups excluding carboxylic acids is 1. The monoisotopic (exact) mass is 307 g/mol. The van der Waals surface area contributed by atoms with E-state index in [1.807, 2.05) is 24.3 Å². The predicted octanol–water partition coefficient (Wildman–Crippen LogP) is 1.18. The number of aryl methyl sites for hydroxylation is 1. The molecule has 0 fully saturated rings. The number of hydrogen-bond donors (Lipinski definition) is 1. The van der Waals surface area contributed by atoms with Crippen LogP contribution in [0.1, 0.15) is 27.6 Å². The van der Waals surface area contributed by atoms with Gasteiger partial charge in [-0.3, -0.25) is 9.59 Å². The van der Waals surface area contributed by atoms with Crippen molar-refractivity contribution in [3.05, 3.63) is 63.6 Å². The molecule has 1 amide bonds. The minimum atomic E-state index is -0.246. The van der Waals surface area contributed by atoms with E-state index in [1.54, 1.807) is 18.0 Å². The second-order valence-electron chi connectivity index (χ2n) is 5.52. The number of carbonyl (C=O) groups is 1. The van der Waals surface area contributed by atoms with Gasteiger partial charge in [0.15, 0.2) is 5.69 Å². The second-order valence-corrected chi connectivity index (χ2v) is 5.52. The molecule has 7 heteroatoms. The van der Waals surface area contributed by atoms with Gasteiger partial charge in [0.05, 0.1) is 30.5 Å². The third kappa shape index (κ3) is 2.17. The highest BCUT2D eigenvalue weighted by molar-refractivity contribution is 6.04. The van der Waals surface area contributed by atoms with Crippen molar-refractivity contribution in [1.29, 1.82) is 0 Å². The van der Waals surface area contributed by atoms with Crippen LogP contribution in [0.25, 0.3) is 10.8 Å². The quantitative estimate of drug-likeness (QED) is 0.729. The highest BCUT2D eigenvalue weighted by Crippen LogP contribution is 2.22. The van der Waals surface area contributed by atoms with Gasteiger partial charge in [0.1, 0.15) is 5.82 Å². The Bertz CT molecular complexity index is 990. The number of aromatic amines is 1. The van der Waals surface area contributed by atoms with Crippen LogP contribution in [-0.2, 0) is 13.1 Å². The van der Waals surface area contributed by atoms with E-state index in [9.17, 15) is 9.59 Å². The van der Waals surface area contributed by atoms with Gasteiger partial charge in [-0.2, -0.15) is 5.10 Å². The maximum absolute atomic E-state index is 12.8. The molecule has 1 aliphatic heterocycles.